The Kier molecular flexibility index (Phi) is 4.91. The molecular formula is C20H23N5O. The first-order valence-corrected chi connectivity index (χ1v) is 9.27. The monoisotopic (exact) mass is 349 g/mol. The Morgan fingerprint density at radius 1 is 1.23 bits per heavy atom. The van der Waals surface area contributed by atoms with Crippen molar-refractivity contribution in [2.45, 2.75) is 38.0 Å². The lowest BCUT2D eigenvalue weighted by Gasteiger charge is -2.32. The van der Waals surface area contributed by atoms with Crippen LogP contribution in [0.4, 0.5) is 0 Å². The Hall–Kier alpha value is -2.76. The van der Waals surface area contributed by atoms with Gasteiger partial charge in [-0.1, -0.05) is 0 Å². The molecule has 0 spiro atoms. The van der Waals surface area contributed by atoms with Crippen molar-refractivity contribution in [3.63, 3.8) is 0 Å². The van der Waals surface area contributed by atoms with E-state index >= 15 is 0 Å². The standard InChI is InChI=1S/C20H23N5O/c26-18(7-1-4-15-8-11-21-12-9-15)25-13-3-5-16(14-25)19-17-6-2-10-22-20(17)24-23-19/h2,6,8-12,16H,1,3-5,7,13-14H2,(H,22,23,24). The summed E-state index contributed by atoms with van der Waals surface area (Å²) >= 11 is 0. The molecule has 6 nitrogen and oxygen atoms in total. The van der Waals surface area contributed by atoms with E-state index in [-0.39, 0.29) is 5.91 Å². The van der Waals surface area contributed by atoms with Crippen LogP contribution in [0, 0.1) is 0 Å². The average molecular weight is 349 g/mol. The molecule has 1 fully saturated rings. The molecule has 134 valence electrons. The SMILES string of the molecule is O=C(CCCc1ccncc1)N1CCCC(c2[nH]nc3ncccc23)C1. The van der Waals surface area contributed by atoms with Crippen molar-refractivity contribution in [3.8, 4) is 0 Å². The normalized spacial score (nSPS) is 17.5. The molecule has 4 rings (SSSR count). The average Bonchev–Trinajstić information content (AvgIpc) is 3.13. The van der Waals surface area contributed by atoms with Crippen LogP contribution in [0.1, 0.15) is 42.9 Å². The van der Waals surface area contributed by atoms with E-state index in [2.05, 4.69) is 26.2 Å². The summed E-state index contributed by atoms with van der Waals surface area (Å²) in [7, 11) is 0. The summed E-state index contributed by atoms with van der Waals surface area (Å²) in [6, 6.07) is 8.01. The van der Waals surface area contributed by atoms with Crippen LogP contribution in [0.5, 0.6) is 0 Å². The van der Waals surface area contributed by atoms with Crippen LogP contribution in [0.3, 0.4) is 0 Å². The highest BCUT2D eigenvalue weighted by atomic mass is 16.2. The molecule has 26 heavy (non-hydrogen) atoms. The molecule has 1 saturated heterocycles. The van der Waals surface area contributed by atoms with E-state index < -0.39 is 0 Å². The number of carbonyl (C=O) groups excluding carboxylic acids is 1. The van der Waals surface area contributed by atoms with Gasteiger partial charge in [0.05, 0.1) is 0 Å². The van der Waals surface area contributed by atoms with Crippen LogP contribution in [-0.2, 0) is 11.2 Å². The molecule has 0 aliphatic carbocycles. The van der Waals surface area contributed by atoms with Gasteiger partial charge in [-0.25, -0.2) is 4.98 Å². The Morgan fingerprint density at radius 2 is 2.12 bits per heavy atom. The Balaban J connectivity index is 1.36. The number of aromatic amines is 1. The number of carbonyl (C=O) groups is 1. The number of fused-ring (bicyclic) bond motifs is 1. The number of hydrogen-bond donors (Lipinski definition) is 1. The third-order valence-corrected chi connectivity index (χ3v) is 5.15. The highest BCUT2D eigenvalue weighted by Gasteiger charge is 2.26. The van der Waals surface area contributed by atoms with Gasteiger partial charge >= 0.3 is 0 Å². The largest absolute Gasteiger partial charge is 0.342 e. The lowest BCUT2D eigenvalue weighted by atomic mass is 9.93. The van der Waals surface area contributed by atoms with Crippen LogP contribution in [0.15, 0.2) is 42.9 Å². The van der Waals surface area contributed by atoms with Crippen LogP contribution in [0.2, 0.25) is 0 Å². The van der Waals surface area contributed by atoms with E-state index in [4.69, 9.17) is 0 Å². The van der Waals surface area contributed by atoms with Crippen molar-refractivity contribution in [1.29, 1.82) is 0 Å². The fourth-order valence-electron chi connectivity index (χ4n) is 3.77. The summed E-state index contributed by atoms with van der Waals surface area (Å²) < 4.78 is 0. The minimum atomic E-state index is 0.255. The molecule has 3 aromatic heterocycles. The lowest BCUT2D eigenvalue weighted by molar-refractivity contribution is -0.132. The van der Waals surface area contributed by atoms with E-state index in [1.54, 1.807) is 18.6 Å². The molecule has 0 saturated carbocycles. The molecule has 4 heterocycles. The van der Waals surface area contributed by atoms with Gasteiger partial charge < -0.3 is 4.90 Å². The van der Waals surface area contributed by atoms with Crippen LogP contribution < -0.4 is 0 Å². The Bertz CT molecular complexity index is 876. The van der Waals surface area contributed by atoms with E-state index in [1.165, 1.54) is 5.56 Å². The number of pyridine rings is 2. The first-order chi connectivity index (χ1) is 12.8. The van der Waals surface area contributed by atoms with E-state index in [1.807, 2.05) is 23.1 Å². The summed E-state index contributed by atoms with van der Waals surface area (Å²) in [5, 5.41) is 8.53. The van der Waals surface area contributed by atoms with Gasteiger partial charge in [0.15, 0.2) is 5.65 Å². The number of aryl methyl sites for hydroxylation is 1. The second-order valence-electron chi connectivity index (χ2n) is 6.90. The van der Waals surface area contributed by atoms with E-state index in [0.717, 1.165) is 55.5 Å². The van der Waals surface area contributed by atoms with Crippen LogP contribution in [-0.4, -0.2) is 44.1 Å². The maximum Gasteiger partial charge on any atom is 0.222 e. The number of nitrogens with zero attached hydrogens (tertiary/aromatic N) is 4. The predicted octanol–water partition coefficient (Wildman–Crippen LogP) is 3.08. The van der Waals surface area contributed by atoms with E-state index in [9.17, 15) is 4.79 Å². The maximum atomic E-state index is 12.6. The third kappa shape index (κ3) is 3.59. The minimum absolute atomic E-state index is 0.255. The summed E-state index contributed by atoms with van der Waals surface area (Å²) in [6.45, 7) is 1.62. The molecule has 1 amide bonds. The number of piperidine rings is 1. The molecule has 1 atom stereocenters. The summed E-state index contributed by atoms with van der Waals surface area (Å²) in [5.41, 5.74) is 3.10. The summed E-state index contributed by atoms with van der Waals surface area (Å²) in [4.78, 5) is 23.0. The quantitative estimate of drug-likeness (QED) is 0.768. The molecule has 1 aliphatic rings. The van der Waals surface area contributed by atoms with Gasteiger partial charge in [0.2, 0.25) is 5.91 Å². The number of nitrogens with one attached hydrogen (secondary N) is 1. The highest BCUT2D eigenvalue weighted by Crippen LogP contribution is 2.30. The first-order valence-electron chi connectivity index (χ1n) is 9.27. The van der Waals surface area contributed by atoms with Gasteiger partial charge in [0.25, 0.3) is 0 Å². The first kappa shape index (κ1) is 16.7. The zero-order chi connectivity index (χ0) is 17.8. The van der Waals surface area contributed by atoms with Crippen LogP contribution >= 0.6 is 0 Å². The number of likely N-dealkylation sites (tertiary alicyclic amines) is 1. The van der Waals surface area contributed by atoms with Gasteiger partial charge in [-0.3, -0.25) is 14.9 Å². The van der Waals surface area contributed by atoms with Crippen LogP contribution in [0.25, 0.3) is 11.0 Å². The number of hydrogen-bond acceptors (Lipinski definition) is 4. The van der Waals surface area contributed by atoms with E-state index in [0.29, 0.717) is 12.3 Å². The molecule has 0 bridgehead atoms. The molecular weight excluding hydrogens is 326 g/mol. The third-order valence-electron chi connectivity index (χ3n) is 5.15. The summed E-state index contributed by atoms with van der Waals surface area (Å²) in [6.07, 6.45) is 9.86. The zero-order valence-electron chi connectivity index (χ0n) is 14.8. The number of aromatic nitrogens is 4. The lowest BCUT2D eigenvalue weighted by Crippen LogP contribution is -2.39. The van der Waals surface area contributed by atoms with Crippen molar-refractivity contribution in [2.24, 2.45) is 0 Å². The molecule has 1 aliphatic heterocycles. The molecule has 1 N–H and O–H groups in total. The highest BCUT2D eigenvalue weighted by molar-refractivity contribution is 5.79. The van der Waals surface area contributed by atoms with Crippen molar-refractivity contribution < 1.29 is 4.79 Å². The second-order valence-corrected chi connectivity index (χ2v) is 6.90. The Morgan fingerprint density at radius 3 is 3.00 bits per heavy atom. The zero-order valence-corrected chi connectivity index (χ0v) is 14.8. The van der Waals surface area contributed by atoms with Crippen molar-refractivity contribution >= 4 is 16.9 Å². The number of amides is 1. The number of H-pyrrole nitrogens is 1. The fourth-order valence-corrected chi connectivity index (χ4v) is 3.77. The molecule has 0 aromatic carbocycles. The Labute approximate surface area is 152 Å². The topological polar surface area (TPSA) is 74.8 Å². The maximum absolute atomic E-state index is 12.6. The van der Waals surface area contributed by atoms with Gasteiger partial charge in [0, 0.05) is 55.1 Å². The van der Waals surface area contributed by atoms with Gasteiger partial charge in [0.1, 0.15) is 0 Å². The van der Waals surface area contributed by atoms with Gasteiger partial charge in [-0.15, -0.1) is 0 Å². The van der Waals surface area contributed by atoms with Gasteiger partial charge in [-0.05, 0) is 55.5 Å². The molecule has 6 heteroatoms. The van der Waals surface area contributed by atoms with Crippen molar-refractivity contribution in [2.75, 3.05) is 13.1 Å². The summed E-state index contributed by atoms with van der Waals surface area (Å²) in [5.74, 6) is 0.563. The van der Waals surface area contributed by atoms with Crippen molar-refractivity contribution in [3.05, 3.63) is 54.1 Å². The molecule has 1 unspecified atom stereocenters. The predicted molar refractivity (Wildman–Crippen MR) is 99.6 cm³/mol. The second kappa shape index (κ2) is 7.64. The molecule has 0 radical (unpaired) electrons. The fraction of sp³-hybridized carbons (Fsp3) is 0.400. The minimum Gasteiger partial charge on any atom is -0.342 e. The van der Waals surface area contributed by atoms with Crippen molar-refractivity contribution in [1.82, 2.24) is 25.1 Å². The smallest absolute Gasteiger partial charge is 0.222 e. The molecule has 3 aromatic rings. The van der Waals surface area contributed by atoms with Gasteiger partial charge in [-0.2, -0.15) is 5.10 Å². The number of rotatable bonds is 5.